The van der Waals surface area contributed by atoms with E-state index in [1.807, 2.05) is 6.07 Å². The number of carbonyl (C=O) groups is 1. The van der Waals surface area contributed by atoms with Crippen molar-refractivity contribution in [3.05, 3.63) is 30.3 Å². The third-order valence-electron chi connectivity index (χ3n) is 4.93. The van der Waals surface area contributed by atoms with Gasteiger partial charge in [0.25, 0.3) is 0 Å². The normalized spacial score (nSPS) is 14.0. The highest BCUT2D eigenvalue weighted by Crippen LogP contribution is 2.43. The van der Waals surface area contributed by atoms with Crippen LogP contribution in [-0.4, -0.2) is 39.3 Å². The third-order valence-corrected chi connectivity index (χ3v) is 7.89. The molecular formula is C21H22N2O5S2. The molecule has 158 valence electrons. The first-order chi connectivity index (χ1) is 14.3. The molecule has 9 heteroatoms. The smallest absolute Gasteiger partial charge is 0.221 e. The first-order valence-corrected chi connectivity index (χ1v) is 12.0. The van der Waals surface area contributed by atoms with Crippen molar-refractivity contribution >= 4 is 43.0 Å². The second kappa shape index (κ2) is 7.88. The highest BCUT2D eigenvalue weighted by molar-refractivity contribution is 7.91. The third kappa shape index (κ3) is 3.99. The Balaban J connectivity index is 1.92. The fraction of sp³-hybridized carbons (Fsp3) is 0.333. The lowest BCUT2D eigenvalue weighted by molar-refractivity contribution is -0.114. The molecule has 1 aromatic heterocycles. The minimum Gasteiger partial charge on any atom is -0.493 e. The summed E-state index contributed by atoms with van der Waals surface area (Å²) in [5.41, 5.74) is 1.51. The van der Waals surface area contributed by atoms with Gasteiger partial charge in [0.2, 0.25) is 5.91 Å². The van der Waals surface area contributed by atoms with Crippen molar-refractivity contribution in [3.8, 4) is 22.1 Å². The number of sulfone groups is 1. The van der Waals surface area contributed by atoms with Crippen molar-refractivity contribution in [2.75, 3.05) is 25.3 Å². The summed E-state index contributed by atoms with van der Waals surface area (Å²) < 4.78 is 37.9. The average molecular weight is 447 g/mol. The van der Waals surface area contributed by atoms with Crippen LogP contribution < -0.4 is 14.8 Å². The monoisotopic (exact) mass is 446 g/mol. The first kappa shape index (κ1) is 20.6. The number of thiazole rings is 1. The van der Waals surface area contributed by atoms with E-state index in [4.69, 9.17) is 9.47 Å². The van der Waals surface area contributed by atoms with Crippen LogP contribution in [0.2, 0.25) is 0 Å². The number of nitrogens with one attached hydrogen (secondary N) is 1. The van der Waals surface area contributed by atoms with Crippen molar-refractivity contribution in [2.24, 2.45) is 5.92 Å². The van der Waals surface area contributed by atoms with Crippen LogP contribution in [0.4, 0.5) is 5.69 Å². The standard InChI is InChI=1S/C21H22N2O5S2/c1-12(24)22-14-5-4-6-19(30(25,26)11-13-7-8-13)20(14)21-23-15-9-16(27-2)17(28-3)10-18(15)29-21/h4-6,9-10,13H,7-8,11H2,1-3H3,(H,22,24). The summed E-state index contributed by atoms with van der Waals surface area (Å²) in [6.45, 7) is 1.39. The van der Waals surface area contributed by atoms with Crippen LogP contribution in [-0.2, 0) is 14.6 Å². The SMILES string of the molecule is COc1cc2nc(-c3c(NC(C)=O)cccc3S(=O)(=O)CC3CC3)sc2cc1OC. The number of anilines is 1. The Hall–Kier alpha value is -2.65. The number of benzene rings is 2. The summed E-state index contributed by atoms with van der Waals surface area (Å²) in [5, 5.41) is 3.27. The number of rotatable bonds is 7. The first-order valence-electron chi connectivity index (χ1n) is 9.48. The summed E-state index contributed by atoms with van der Waals surface area (Å²) in [5.74, 6) is 1.14. The molecule has 1 fully saturated rings. The van der Waals surface area contributed by atoms with Crippen LogP contribution >= 0.6 is 11.3 Å². The number of nitrogens with zero attached hydrogens (tertiary/aromatic N) is 1. The van der Waals surface area contributed by atoms with E-state index in [2.05, 4.69) is 10.3 Å². The van der Waals surface area contributed by atoms with Crippen LogP contribution in [0.3, 0.4) is 0 Å². The Bertz CT molecular complexity index is 1190. The van der Waals surface area contributed by atoms with E-state index in [1.165, 1.54) is 18.3 Å². The zero-order valence-corrected chi connectivity index (χ0v) is 18.5. The zero-order valence-electron chi connectivity index (χ0n) is 16.9. The van der Waals surface area contributed by atoms with Crippen molar-refractivity contribution in [2.45, 2.75) is 24.7 Å². The highest BCUT2D eigenvalue weighted by Gasteiger charge is 2.32. The molecule has 0 atom stereocenters. The Morgan fingerprint density at radius 3 is 2.53 bits per heavy atom. The number of fused-ring (bicyclic) bond motifs is 1. The number of carbonyl (C=O) groups excluding carboxylic acids is 1. The summed E-state index contributed by atoms with van der Waals surface area (Å²) in [4.78, 5) is 16.6. The van der Waals surface area contributed by atoms with Gasteiger partial charge in [0, 0.05) is 19.1 Å². The molecule has 0 saturated heterocycles. The average Bonchev–Trinajstić information content (AvgIpc) is 3.40. The molecule has 1 heterocycles. The summed E-state index contributed by atoms with van der Waals surface area (Å²) in [6.07, 6.45) is 1.86. The van der Waals surface area contributed by atoms with Gasteiger partial charge in [-0.3, -0.25) is 4.79 Å². The second-order valence-corrected chi connectivity index (χ2v) is 10.3. The molecule has 1 aliphatic rings. The predicted molar refractivity (Wildman–Crippen MR) is 117 cm³/mol. The van der Waals surface area contributed by atoms with Gasteiger partial charge in [-0.2, -0.15) is 0 Å². The van der Waals surface area contributed by atoms with Crippen LogP contribution in [0.15, 0.2) is 35.2 Å². The van der Waals surface area contributed by atoms with E-state index in [0.717, 1.165) is 17.5 Å². The topological polar surface area (TPSA) is 94.6 Å². The minimum absolute atomic E-state index is 0.107. The highest BCUT2D eigenvalue weighted by atomic mass is 32.2. The molecule has 0 unspecified atom stereocenters. The summed E-state index contributed by atoms with van der Waals surface area (Å²) >= 11 is 1.34. The minimum atomic E-state index is -3.53. The lowest BCUT2D eigenvalue weighted by Crippen LogP contribution is -2.13. The molecule has 0 bridgehead atoms. The van der Waals surface area contributed by atoms with Gasteiger partial charge in [-0.1, -0.05) is 6.07 Å². The number of amides is 1. The van der Waals surface area contributed by atoms with Gasteiger partial charge < -0.3 is 14.8 Å². The molecule has 1 aliphatic carbocycles. The molecule has 4 rings (SSSR count). The van der Waals surface area contributed by atoms with Gasteiger partial charge in [-0.25, -0.2) is 13.4 Å². The molecule has 1 N–H and O–H groups in total. The van der Waals surface area contributed by atoms with Gasteiger partial charge in [0.05, 0.1) is 46.3 Å². The van der Waals surface area contributed by atoms with Crippen molar-refractivity contribution in [3.63, 3.8) is 0 Å². The molecule has 1 amide bonds. The maximum absolute atomic E-state index is 13.2. The molecule has 0 aliphatic heterocycles. The maximum Gasteiger partial charge on any atom is 0.221 e. The van der Waals surface area contributed by atoms with Gasteiger partial charge in [0.1, 0.15) is 5.01 Å². The van der Waals surface area contributed by atoms with Crippen LogP contribution in [0.25, 0.3) is 20.8 Å². The fourth-order valence-corrected chi connectivity index (χ4v) is 6.40. The van der Waals surface area contributed by atoms with E-state index in [9.17, 15) is 13.2 Å². The Morgan fingerprint density at radius 1 is 1.20 bits per heavy atom. The number of hydrogen-bond donors (Lipinski definition) is 1. The van der Waals surface area contributed by atoms with Crippen LogP contribution in [0, 0.1) is 5.92 Å². The molecule has 2 aromatic carbocycles. The Kier molecular flexibility index (Phi) is 5.42. The van der Waals surface area contributed by atoms with Crippen LogP contribution in [0.1, 0.15) is 19.8 Å². The van der Waals surface area contributed by atoms with Crippen molar-refractivity contribution < 1.29 is 22.7 Å². The lowest BCUT2D eigenvalue weighted by Gasteiger charge is -2.13. The van der Waals surface area contributed by atoms with E-state index >= 15 is 0 Å². The fourth-order valence-electron chi connectivity index (χ4n) is 3.35. The number of ether oxygens (including phenoxy) is 2. The number of methoxy groups -OCH3 is 2. The zero-order chi connectivity index (χ0) is 21.5. The molecular weight excluding hydrogens is 424 g/mol. The van der Waals surface area contributed by atoms with Crippen molar-refractivity contribution in [1.82, 2.24) is 4.98 Å². The molecule has 0 radical (unpaired) electrons. The predicted octanol–water partition coefficient (Wildman–Crippen LogP) is 4.12. The van der Waals surface area contributed by atoms with E-state index in [1.54, 1.807) is 38.5 Å². The van der Waals surface area contributed by atoms with Gasteiger partial charge in [0.15, 0.2) is 21.3 Å². The van der Waals surface area contributed by atoms with E-state index in [-0.39, 0.29) is 22.5 Å². The summed E-state index contributed by atoms with van der Waals surface area (Å²) in [7, 11) is -0.428. The largest absolute Gasteiger partial charge is 0.493 e. The van der Waals surface area contributed by atoms with Crippen LogP contribution in [0.5, 0.6) is 11.5 Å². The van der Waals surface area contributed by atoms with E-state index < -0.39 is 9.84 Å². The molecule has 1 saturated carbocycles. The Labute approximate surface area is 179 Å². The second-order valence-electron chi connectivity index (χ2n) is 7.28. The van der Waals surface area contributed by atoms with E-state index in [0.29, 0.717) is 33.3 Å². The maximum atomic E-state index is 13.2. The van der Waals surface area contributed by atoms with Gasteiger partial charge in [-0.15, -0.1) is 11.3 Å². The van der Waals surface area contributed by atoms with Gasteiger partial charge in [-0.05, 0) is 30.9 Å². The number of aromatic nitrogens is 1. The molecule has 0 spiro atoms. The van der Waals surface area contributed by atoms with Crippen molar-refractivity contribution in [1.29, 1.82) is 0 Å². The summed E-state index contributed by atoms with van der Waals surface area (Å²) in [6, 6.07) is 8.50. The lowest BCUT2D eigenvalue weighted by atomic mass is 10.2. The number of hydrogen-bond acceptors (Lipinski definition) is 7. The Morgan fingerprint density at radius 2 is 1.90 bits per heavy atom. The molecule has 3 aromatic rings. The quantitative estimate of drug-likeness (QED) is 0.587. The molecule has 7 nitrogen and oxygen atoms in total. The molecule has 30 heavy (non-hydrogen) atoms. The van der Waals surface area contributed by atoms with Gasteiger partial charge >= 0.3 is 0 Å².